The molecule has 174 valence electrons. The van der Waals surface area contributed by atoms with Crippen LogP contribution in [0.4, 0.5) is 13.2 Å². The van der Waals surface area contributed by atoms with E-state index >= 15 is 0 Å². The summed E-state index contributed by atoms with van der Waals surface area (Å²) in [6.07, 6.45) is 1.83. The Labute approximate surface area is 186 Å². The van der Waals surface area contributed by atoms with Crippen LogP contribution in [0.2, 0.25) is 0 Å². The Morgan fingerprint density at radius 1 is 1.28 bits per heavy atom. The Morgan fingerprint density at radius 2 is 2.03 bits per heavy atom. The fourth-order valence-electron chi connectivity index (χ4n) is 6.72. The molecule has 1 aromatic heterocycles. The monoisotopic (exact) mass is 448 g/mol. The third-order valence-electron chi connectivity index (χ3n) is 8.62. The van der Waals surface area contributed by atoms with Crippen molar-refractivity contribution in [3.8, 4) is 0 Å². The van der Waals surface area contributed by atoms with Gasteiger partial charge >= 0.3 is 12.1 Å². The predicted octanol–water partition coefficient (Wildman–Crippen LogP) is 5.82. The maximum absolute atomic E-state index is 13.3. The average molecular weight is 449 g/mol. The Kier molecular flexibility index (Phi) is 5.31. The topological polar surface area (TPSA) is 56.3 Å². The summed E-state index contributed by atoms with van der Waals surface area (Å²) in [5, 5.41) is 10.5. The van der Waals surface area contributed by atoms with E-state index < -0.39 is 23.1 Å². The molecule has 2 heterocycles. The summed E-state index contributed by atoms with van der Waals surface area (Å²) in [5.74, 6) is 0.418. The molecule has 32 heavy (non-hydrogen) atoms. The first-order chi connectivity index (χ1) is 15.2. The highest BCUT2D eigenvalue weighted by Gasteiger charge is 2.43. The van der Waals surface area contributed by atoms with Crippen molar-refractivity contribution in [3.05, 3.63) is 35.0 Å². The van der Waals surface area contributed by atoms with E-state index in [0.29, 0.717) is 23.6 Å². The molecule has 1 aromatic carbocycles. The van der Waals surface area contributed by atoms with Gasteiger partial charge in [-0.3, -0.25) is 4.79 Å². The molecule has 3 atom stereocenters. The number of carboxylic acids is 1. The summed E-state index contributed by atoms with van der Waals surface area (Å²) in [4.78, 5) is 17.7. The Bertz CT molecular complexity index is 1020. The second-order valence-corrected chi connectivity index (χ2v) is 10.3. The molecule has 0 amide bonds. The molecule has 0 spiro atoms. The van der Waals surface area contributed by atoms with Crippen LogP contribution in [0.3, 0.4) is 0 Å². The van der Waals surface area contributed by atoms with Gasteiger partial charge in [-0.2, -0.15) is 13.2 Å². The van der Waals surface area contributed by atoms with Gasteiger partial charge in [0, 0.05) is 23.1 Å². The van der Waals surface area contributed by atoms with E-state index in [1.165, 1.54) is 6.07 Å². The van der Waals surface area contributed by atoms with Crippen molar-refractivity contribution in [2.24, 2.45) is 17.3 Å². The van der Waals surface area contributed by atoms with Crippen LogP contribution in [0.15, 0.2) is 18.2 Å². The first kappa shape index (κ1) is 21.8. The van der Waals surface area contributed by atoms with Gasteiger partial charge in [0.2, 0.25) is 0 Å². The highest BCUT2D eigenvalue weighted by molar-refractivity contribution is 5.86. The lowest BCUT2D eigenvalue weighted by molar-refractivity contribution is -0.149. The van der Waals surface area contributed by atoms with Crippen LogP contribution in [0.5, 0.6) is 0 Å². The second-order valence-electron chi connectivity index (χ2n) is 10.3. The Hall–Kier alpha value is -2.02. The van der Waals surface area contributed by atoms with Gasteiger partial charge < -0.3 is 15.0 Å². The van der Waals surface area contributed by atoms with E-state index in [1.54, 1.807) is 6.07 Å². The zero-order chi connectivity index (χ0) is 22.7. The summed E-state index contributed by atoms with van der Waals surface area (Å²) >= 11 is 0. The van der Waals surface area contributed by atoms with Gasteiger partial charge in [0.1, 0.15) is 0 Å². The number of aromatic amines is 1. The molecule has 1 unspecified atom stereocenters. The number of aromatic nitrogens is 1. The zero-order valence-corrected chi connectivity index (χ0v) is 18.5. The fraction of sp³-hybridized carbons (Fsp3) is 0.640. The molecule has 2 aliphatic carbocycles. The number of aliphatic carboxylic acids is 1. The molecule has 1 aliphatic heterocycles. The molecule has 0 bridgehead atoms. The highest BCUT2D eigenvalue weighted by Crippen LogP contribution is 2.47. The number of fused-ring (bicyclic) bond motifs is 4. The summed E-state index contributed by atoms with van der Waals surface area (Å²) in [6.45, 7) is 4.81. The number of nitrogens with zero attached hydrogens (tertiary/aromatic N) is 1. The second kappa shape index (κ2) is 7.79. The van der Waals surface area contributed by atoms with Crippen molar-refractivity contribution in [2.45, 2.75) is 64.0 Å². The third kappa shape index (κ3) is 3.62. The van der Waals surface area contributed by atoms with Crippen molar-refractivity contribution in [2.75, 3.05) is 19.6 Å². The summed E-state index contributed by atoms with van der Waals surface area (Å²) < 4.78 is 39.9. The standard InChI is InChI=1S/C25H31F3N2O2/c1-15-19-14-30(11-9-24(23(31)32)7-2-3-8-24)10-6-16(19)12-21-22(15)18-13-17(25(26,27)28)4-5-20(18)29-21/h4-5,13,15-16,19,29H,2-3,6-12,14H2,1H3,(H,31,32)/t15-,16?,19-/m1/s1. The molecule has 4 nitrogen and oxygen atoms in total. The smallest absolute Gasteiger partial charge is 0.416 e. The van der Waals surface area contributed by atoms with Gasteiger partial charge in [0.15, 0.2) is 0 Å². The van der Waals surface area contributed by atoms with Crippen LogP contribution >= 0.6 is 0 Å². The Morgan fingerprint density at radius 3 is 2.72 bits per heavy atom. The molecular weight excluding hydrogens is 417 g/mol. The van der Waals surface area contributed by atoms with Crippen LogP contribution < -0.4 is 0 Å². The number of rotatable bonds is 4. The lowest BCUT2D eigenvalue weighted by atomic mass is 9.68. The molecule has 1 saturated heterocycles. The number of piperidine rings is 1. The molecule has 2 fully saturated rings. The van der Waals surface area contributed by atoms with Crippen molar-refractivity contribution in [3.63, 3.8) is 0 Å². The van der Waals surface area contributed by atoms with Gasteiger partial charge in [-0.1, -0.05) is 19.8 Å². The molecule has 2 N–H and O–H groups in total. The van der Waals surface area contributed by atoms with Gasteiger partial charge in [-0.05, 0) is 86.7 Å². The quantitative estimate of drug-likeness (QED) is 0.620. The molecule has 0 radical (unpaired) electrons. The molecule has 5 rings (SSSR count). The minimum absolute atomic E-state index is 0.170. The minimum Gasteiger partial charge on any atom is -0.481 e. The van der Waals surface area contributed by atoms with Crippen molar-refractivity contribution in [1.29, 1.82) is 0 Å². The number of likely N-dealkylation sites (tertiary alicyclic amines) is 1. The maximum atomic E-state index is 13.3. The number of hydrogen-bond acceptors (Lipinski definition) is 2. The average Bonchev–Trinajstić information content (AvgIpc) is 3.37. The van der Waals surface area contributed by atoms with Gasteiger partial charge in [-0.15, -0.1) is 0 Å². The summed E-state index contributed by atoms with van der Waals surface area (Å²) in [6, 6.07) is 4.02. The third-order valence-corrected chi connectivity index (χ3v) is 8.62. The van der Waals surface area contributed by atoms with Crippen molar-refractivity contribution in [1.82, 2.24) is 9.88 Å². The number of halogens is 3. The highest BCUT2D eigenvalue weighted by atomic mass is 19.4. The number of carbonyl (C=O) groups is 1. The van der Waals surface area contributed by atoms with E-state index in [0.717, 1.165) is 81.0 Å². The molecular formula is C25H31F3N2O2. The molecule has 1 saturated carbocycles. The van der Waals surface area contributed by atoms with E-state index in [9.17, 15) is 23.1 Å². The normalized spacial score (nSPS) is 27.9. The van der Waals surface area contributed by atoms with Crippen molar-refractivity contribution < 1.29 is 23.1 Å². The first-order valence-corrected chi connectivity index (χ1v) is 11.9. The number of alkyl halides is 3. The Balaban J connectivity index is 1.36. The SMILES string of the molecule is C[C@H]1c2c([nH]c3ccc(C(F)(F)F)cc23)CC2CCN(CCC3(C(=O)O)CCCC3)C[C@@H]21. The summed E-state index contributed by atoms with van der Waals surface area (Å²) in [5.41, 5.74) is 1.77. The molecule has 2 aromatic rings. The number of nitrogens with one attached hydrogen (secondary N) is 1. The minimum atomic E-state index is -4.35. The van der Waals surface area contributed by atoms with Crippen LogP contribution in [0.1, 0.15) is 68.2 Å². The lowest BCUT2D eigenvalue weighted by Gasteiger charge is -2.45. The van der Waals surface area contributed by atoms with Gasteiger partial charge in [-0.25, -0.2) is 0 Å². The molecule has 7 heteroatoms. The molecule has 3 aliphatic rings. The van der Waals surface area contributed by atoms with Crippen LogP contribution in [-0.2, 0) is 17.4 Å². The number of carboxylic acid groups (broad SMARTS) is 1. The zero-order valence-electron chi connectivity index (χ0n) is 18.5. The van der Waals surface area contributed by atoms with Crippen LogP contribution in [-0.4, -0.2) is 40.6 Å². The number of H-pyrrole nitrogens is 1. The van der Waals surface area contributed by atoms with E-state index in [-0.39, 0.29) is 5.92 Å². The van der Waals surface area contributed by atoms with Crippen LogP contribution in [0.25, 0.3) is 10.9 Å². The van der Waals surface area contributed by atoms with Gasteiger partial charge in [0.25, 0.3) is 0 Å². The number of benzene rings is 1. The van der Waals surface area contributed by atoms with Crippen LogP contribution in [0, 0.1) is 17.3 Å². The summed E-state index contributed by atoms with van der Waals surface area (Å²) in [7, 11) is 0. The number of hydrogen-bond donors (Lipinski definition) is 2. The van der Waals surface area contributed by atoms with Gasteiger partial charge in [0.05, 0.1) is 11.0 Å². The largest absolute Gasteiger partial charge is 0.481 e. The van der Waals surface area contributed by atoms with E-state index in [1.807, 2.05) is 0 Å². The van der Waals surface area contributed by atoms with Crippen molar-refractivity contribution >= 4 is 16.9 Å². The fourth-order valence-corrected chi connectivity index (χ4v) is 6.72. The lowest BCUT2D eigenvalue weighted by Crippen LogP contribution is -2.46. The predicted molar refractivity (Wildman–Crippen MR) is 117 cm³/mol. The van der Waals surface area contributed by atoms with E-state index in [4.69, 9.17) is 0 Å². The maximum Gasteiger partial charge on any atom is 0.416 e. The van der Waals surface area contributed by atoms with E-state index in [2.05, 4.69) is 16.8 Å². The first-order valence-electron chi connectivity index (χ1n) is 11.9.